The Labute approximate surface area is 133 Å². The van der Waals surface area contributed by atoms with Crippen LogP contribution in [0.4, 0.5) is 10.5 Å². The van der Waals surface area contributed by atoms with Crippen LogP contribution in [-0.4, -0.2) is 23.0 Å². The van der Waals surface area contributed by atoms with E-state index in [-0.39, 0.29) is 12.8 Å². The first-order valence-corrected chi connectivity index (χ1v) is 7.30. The van der Waals surface area contributed by atoms with Crippen molar-refractivity contribution >= 4 is 22.6 Å². The first-order valence-electron chi connectivity index (χ1n) is 7.30. The van der Waals surface area contributed by atoms with Crippen molar-refractivity contribution in [3.8, 4) is 5.75 Å². The molecule has 0 saturated heterocycles. The normalized spacial score (nSPS) is 10.5. The third-order valence-electron chi connectivity index (χ3n) is 3.72. The first-order chi connectivity index (χ1) is 11.1. The molecule has 2 aromatic carbocycles. The summed E-state index contributed by atoms with van der Waals surface area (Å²) in [6.07, 6.45) is 1.73. The lowest BCUT2D eigenvalue weighted by Gasteiger charge is -2.12. The average molecular weight is 310 g/mol. The van der Waals surface area contributed by atoms with Crippen LogP contribution in [0, 0.1) is 13.8 Å². The number of carbonyl (C=O) groups excluding carboxylic acids is 1. The van der Waals surface area contributed by atoms with Gasteiger partial charge in [0.05, 0.1) is 11.7 Å². The van der Waals surface area contributed by atoms with E-state index in [9.17, 15) is 4.79 Å². The molecule has 0 aliphatic heterocycles. The molecule has 6 nitrogen and oxygen atoms in total. The van der Waals surface area contributed by atoms with Crippen LogP contribution < -0.4 is 15.4 Å². The fourth-order valence-corrected chi connectivity index (χ4v) is 2.25. The molecule has 2 amide bonds. The second-order valence-electron chi connectivity index (χ2n) is 5.29. The van der Waals surface area contributed by atoms with E-state index >= 15 is 0 Å². The number of aromatic amines is 1. The summed E-state index contributed by atoms with van der Waals surface area (Å²) in [5.74, 6) is 0.768. The standard InChI is InChI=1S/C17H18N4O2/c1-11-4-3-5-16(12(11)2)23-10-18-17(22)20-14-7-6-13-9-19-21-15(13)8-14/h3-9H,10H2,1-2H3,(H,19,21)(H2,18,20,22). The van der Waals surface area contributed by atoms with Crippen LogP contribution in [0.3, 0.4) is 0 Å². The van der Waals surface area contributed by atoms with E-state index in [1.807, 2.05) is 50.2 Å². The van der Waals surface area contributed by atoms with Crippen molar-refractivity contribution < 1.29 is 9.53 Å². The van der Waals surface area contributed by atoms with Gasteiger partial charge in [-0.15, -0.1) is 0 Å². The zero-order chi connectivity index (χ0) is 16.2. The molecule has 6 heteroatoms. The highest BCUT2D eigenvalue weighted by Gasteiger charge is 2.05. The Hall–Kier alpha value is -3.02. The summed E-state index contributed by atoms with van der Waals surface area (Å²) in [4.78, 5) is 11.9. The number of carbonyl (C=O) groups is 1. The van der Waals surface area contributed by atoms with Gasteiger partial charge < -0.3 is 15.4 Å². The van der Waals surface area contributed by atoms with Crippen molar-refractivity contribution in [2.45, 2.75) is 13.8 Å². The predicted molar refractivity (Wildman–Crippen MR) is 89.7 cm³/mol. The summed E-state index contributed by atoms with van der Waals surface area (Å²) < 4.78 is 5.60. The van der Waals surface area contributed by atoms with Gasteiger partial charge >= 0.3 is 6.03 Å². The maximum Gasteiger partial charge on any atom is 0.321 e. The summed E-state index contributed by atoms with van der Waals surface area (Å²) in [5, 5.41) is 13.2. The second kappa shape index (κ2) is 6.39. The topological polar surface area (TPSA) is 79.0 Å². The third-order valence-corrected chi connectivity index (χ3v) is 3.72. The highest BCUT2D eigenvalue weighted by atomic mass is 16.5. The second-order valence-corrected chi connectivity index (χ2v) is 5.29. The molecule has 0 bridgehead atoms. The van der Waals surface area contributed by atoms with Crippen LogP contribution in [0.2, 0.25) is 0 Å². The molecule has 0 atom stereocenters. The molecule has 0 aliphatic carbocycles. The first kappa shape index (κ1) is 14.9. The van der Waals surface area contributed by atoms with E-state index in [1.54, 1.807) is 6.20 Å². The van der Waals surface area contributed by atoms with E-state index in [0.717, 1.165) is 27.8 Å². The molecule has 0 spiro atoms. The summed E-state index contributed by atoms with van der Waals surface area (Å²) in [7, 11) is 0. The van der Waals surface area contributed by atoms with Crippen molar-refractivity contribution in [1.29, 1.82) is 0 Å². The van der Waals surface area contributed by atoms with Gasteiger partial charge in [0.1, 0.15) is 5.75 Å². The van der Waals surface area contributed by atoms with Crippen molar-refractivity contribution in [2.24, 2.45) is 0 Å². The highest BCUT2D eigenvalue weighted by Crippen LogP contribution is 2.20. The quantitative estimate of drug-likeness (QED) is 0.647. The number of aromatic nitrogens is 2. The minimum atomic E-state index is -0.325. The number of aryl methyl sites for hydroxylation is 1. The minimum Gasteiger partial charge on any atom is -0.473 e. The summed E-state index contributed by atoms with van der Waals surface area (Å²) in [6, 6.07) is 11.0. The van der Waals surface area contributed by atoms with Crippen molar-refractivity contribution in [2.75, 3.05) is 12.0 Å². The lowest BCUT2D eigenvalue weighted by Crippen LogP contribution is -2.32. The van der Waals surface area contributed by atoms with E-state index in [2.05, 4.69) is 20.8 Å². The van der Waals surface area contributed by atoms with Gasteiger partial charge in [0.15, 0.2) is 6.73 Å². The number of H-pyrrole nitrogens is 1. The lowest BCUT2D eigenvalue weighted by molar-refractivity contribution is 0.234. The molecule has 0 unspecified atom stereocenters. The highest BCUT2D eigenvalue weighted by molar-refractivity contribution is 5.92. The molecular formula is C17H18N4O2. The van der Waals surface area contributed by atoms with Crippen LogP contribution in [0.5, 0.6) is 5.75 Å². The number of benzene rings is 2. The minimum absolute atomic E-state index is 0.0996. The zero-order valence-electron chi connectivity index (χ0n) is 13.0. The van der Waals surface area contributed by atoms with Crippen molar-refractivity contribution in [3.05, 3.63) is 53.7 Å². The Balaban J connectivity index is 1.54. The average Bonchev–Trinajstić information content (AvgIpc) is 2.99. The molecule has 0 saturated carbocycles. The van der Waals surface area contributed by atoms with Gasteiger partial charge in [-0.25, -0.2) is 4.79 Å². The molecule has 3 N–H and O–H groups in total. The Kier molecular flexibility index (Phi) is 4.14. The smallest absolute Gasteiger partial charge is 0.321 e. The molecule has 23 heavy (non-hydrogen) atoms. The van der Waals surface area contributed by atoms with Crippen LogP contribution >= 0.6 is 0 Å². The Morgan fingerprint density at radius 2 is 2.13 bits per heavy atom. The van der Waals surface area contributed by atoms with Gasteiger partial charge in [0.25, 0.3) is 0 Å². The van der Waals surface area contributed by atoms with Crippen LogP contribution in [0.15, 0.2) is 42.6 Å². The lowest BCUT2D eigenvalue weighted by atomic mass is 10.1. The monoisotopic (exact) mass is 310 g/mol. The fraction of sp³-hybridized carbons (Fsp3) is 0.176. The maximum atomic E-state index is 11.9. The van der Waals surface area contributed by atoms with Gasteiger partial charge in [-0.05, 0) is 49.2 Å². The van der Waals surface area contributed by atoms with Crippen LogP contribution in [0.1, 0.15) is 11.1 Å². The Morgan fingerprint density at radius 1 is 1.26 bits per heavy atom. The number of amides is 2. The summed E-state index contributed by atoms with van der Waals surface area (Å²) in [5.41, 5.74) is 3.78. The zero-order valence-corrected chi connectivity index (χ0v) is 13.0. The Morgan fingerprint density at radius 3 is 3.00 bits per heavy atom. The molecule has 1 aromatic heterocycles. The summed E-state index contributed by atoms with van der Waals surface area (Å²) in [6.45, 7) is 4.11. The van der Waals surface area contributed by atoms with Crippen LogP contribution in [0.25, 0.3) is 10.9 Å². The summed E-state index contributed by atoms with van der Waals surface area (Å²) >= 11 is 0. The largest absolute Gasteiger partial charge is 0.473 e. The molecule has 0 radical (unpaired) electrons. The van der Waals surface area contributed by atoms with Gasteiger partial charge in [0.2, 0.25) is 0 Å². The molecule has 118 valence electrons. The number of ether oxygens (including phenoxy) is 1. The molecule has 1 heterocycles. The van der Waals surface area contributed by atoms with Crippen LogP contribution in [-0.2, 0) is 0 Å². The van der Waals surface area contributed by atoms with Gasteiger partial charge in [-0.1, -0.05) is 12.1 Å². The molecule has 3 aromatic rings. The number of hydrogen-bond acceptors (Lipinski definition) is 3. The third kappa shape index (κ3) is 3.42. The predicted octanol–water partition coefficient (Wildman–Crippen LogP) is 3.34. The number of fused-ring (bicyclic) bond motifs is 1. The number of hydrogen-bond donors (Lipinski definition) is 3. The molecular weight excluding hydrogens is 292 g/mol. The maximum absolute atomic E-state index is 11.9. The molecule has 0 fully saturated rings. The van der Waals surface area contributed by atoms with E-state index in [0.29, 0.717) is 5.69 Å². The number of anilines is 1. The molecule has 0 aliphatic rings. The fourth-order valence-electron chi connectivity index (χ4n) is 2.25. The van der Waals surface area contributed by atoms with Gasteiger partial charge in [-0.2, -0.15) is 5.10 Å². The number of nitrogens with zero attached hydrogens (tertiary/aromatic N) is 1. The van der Waals surface area contributed by atoms with E-state index < -0.39 is 0 Å². The Bertz CT molecular complexity index is 841. The number of urea groups is 1. The van der Waals surface area contributed by atoms with Gasteiger partial charge in [0, 0.05) is 11.1 Å². The van der Waals surface area contributed by atoms with Crippen molar-refractivity contribution in [1.82, 2.24) is 15.5 Å². The number of rotatable bonds is 4. The van der Waals surface area contributed by atoms with E-state index in [1.165, 1.54) is 0 Å². The van der Waals surface area contributed by atoms with Crippen molar-refractivity contribution in [3.63, 3.8) is 0 Å². The SMILES string of the molecule is Cc1cccc(OCNC(=O)Nc2ccc3cn[nH]c3c2)c1C. The van der Waals surface area contributed by atoms with E-state index in [4.69, 9.17) is 4.74 Å². The molecule has 3 rings (SSSR count). The number of nitrogens with one attached hydrogen (secondary N) is 3. The van der Waals surface area contributed by atoms with Gasteiger partial charge in [-0.3, -0.25) is 5.10 Å².